The van der Waals surface area contributed by atoms with E-state index in [0.29, 0.717) is 6.54 Å². The van der Waals surface area contributed by atoms with Gasteiger partial charge in [-0.25, -0.2) is 8.42 Å². The number of hydrogen-bond donors (Lipinski definition) is 1. The molecule has 14 heavy (non-hydrogen) atoms. The van der Waals surface area contributed by atoms with Crippen molar-refractivity contribution >= 4 is 10.0 Å². The Morgan fingerprint density at radius 3 is 2.64 bits per heavy atom. The number of nitrogens with zero attached hydrogens (tertiary/aromatic N) is 1. The monoisotopic (exact) mass is 220 g/mol. The summed E-state index contributed by atoms with van der Waals surface area (Å²) in [6.45, 7) is 7.95. The molecule has 0 amide bonds. The van der Waals surface area contributed by atoms with Crippen LogP contribution in [-0.4, -0.2) is 44.2 Å². The standard InChI is InChI=1S/C9H20N2O2S/c1-8(2)7-14(12,13)11-5-4-10-6-9(11)3/h8-10H,4-7H2,1-3H3. The Balaban J connectivity index is 2.70. The highest BCUT2D eigenvalue weighted by Crippen LogP contribution is 2.12. The first-order valence-corrected chi connectivity index (χ1v) is 6.74. The summed E-state index contributed by atoms with van der Waals surface area (Å²) in [6.07, 6.45) is 0. The number of nitrogens with one attached hydrogen (secondary N) is 1. The van der Waals surface area contributed by atoms with Gasteiger partial charge >= 0.3 is 0 Å². The first-order valence-electron chi connectivity index (χ1n) is 5.13. The predicted octanol–water partition coefficient (Wildman–Crippen LogP) is 0.266. The highest BCUT2D eigenvalue weighted by atomic mass is 32.2. The van der Waals surface area contributed by atoms with Crippen molar-refractivity contribution in [1.82, 2.24) is 9.62 Å². The van der Waals surface area contributed by atoms with Gasteiger partial charge in [-0.3, -0.25) is 0 Å². The molecule has 1 rings (SSSR count). The number of sulfonamides is 1. The van der Waals surface area contributed by atoms with Gasteiger partial charge in [-0.1, -0.05) is 13.8 Å². The van der Waals surface area contributed by atoms with Crippen molar-refractivity contribution in [3.63, 3.8) is 0 Å². The summed E-state index contributed by atoms with van der Waals surface area (Å²) in [6, 6.07) is 0.0903. The summed E-state index contributed by atoms with van der Waals surface area (Å²) in [7, 11) is -3.04. The molecule has 1 aliphatic heterocycles. The molecule has 4 nitrogen and oxygen atoms in total. The molecular weight excluding hydrogens is 200 g/mol. The smallest absolute Gasteiger partial charge is 0.214 e. The lowest BCUT2D eigenvalue weighted by molar-refractivity contribution is 0.282. The summed E-state index contributed by atoms with van der Waals surface area (Å²) in [5.74, 6) is 0.458. The third-order valence-electron chi connectivity index (χ3n) is 2.34. The van der Waals surface area contributed by atoms with Crippen molar-refractivity contribution in [2.24, 2.45) is 5.92 Å². The Morgan fingerprint density at radius 1 is 1.50 bits per heavy atom. The maximum Gasteiger partial charge on any atom is 0.214 e. The summed E-state index contributed by atoms with van der Waals surface area (Å²) in [4.78, 5) is 0. The van der Waals surface area contributed by atoms with Crippen LogP contribution >= 0.6 is 0 Å². The molecule has 1 aliphatic rings. The van der Waals surface area contributed by atoms with E-state index < -0.39 is 10.0 Å². The highest BCUT2D eigenvalue weighted by Gasteiger charge is 2.29. The van der Waals surface area contributed by atoms with Crippen molar-refractivity contribution in [2.45, 2.75) is 26.8 Å². The van der Waals surface area contributed by atoms with Crippen LogP contribution in [0.25, 0.3) is 0 Å². The zero-order chi connectivity index (χ0) is 10.8. The lowest BCUT2D eigenvalue weighted by Gasteiger charge is -2.33. The summed E-state index contributed by atoms with van der Waals surface area (Å²) in [5, 5.41) is 3.18. The normalized spacial score (nSPS) is 25.6. The van der Waals surface area contributed by atoms with Gasteiger partial charge in [0.25, 0.3) is 0 Å². The molecule has 5 heteroatoms. The lowest BCUT2D eigenvalue weighted by atomic mass is 10.3. The third-order valence-corrected chi connectivity index (χ3v) is 4.69. The zero-order valence-corrected chi connectivity index (χ0v) is 9.97. The van der Waals surface area contributed by atoms with Gasteiger partial charge in [-0.05, 0) is 12.8 Å². The molecule has 0 bridgehead atoms. The molecule has 1 fully saturated rings. The Labute approximate surface area is 86.7 Å². The molecule has 1 atom stereocenters. The van der Waals surface area contributed by atoms with Gasteiger partial charge in [0.1, 0.15) is 0 Å². The number of hydrogen-bond acceptors (Lipinski definition) is 3. The van der Waals surface area contributed by atoms with Crippen molar-refractivity contribution in [2.75, 3.05) is 25.4 Å². The molecule has 0 radical (unpaired) electrons. The Hall–Kier alpha value is -0.130. The molecule has 1 saturated heterocycles. The van der Waals surface area contributed by atoms with Gasteiger partial charge in [0.05, 0.1) is 5.75 Å². The second-order valence-electron chi connectivity index (χ2n) is 4.34. The first-order chi connectivity index (χ1) is 6.43. The van der Waals surface area contributed by atoms with Gasteiger partial charge in [-0.2, -0.15) is 4.31 Å². The molecule has 0 aromatic rings. The van der Waals surface area contributed by atoms with Crippen molar-refractivity contribution in [3.8, 4) is 0 Å². The second kappa shape index (κ2) is 4.59. The molecule has 84 valence electrons. The van der Waals surface area contributed by atoms with Crippen LogP contribution in [0.5, 0.6) is 0 Å². The molecule has 1 unspecified atom stereocenters. The van der Waals surface area contributed by atoms with Crippen LogP contribution in [0, 0.1) is 5.92 Å². The lowest BCUT2D eigenvalue weighted by Crippen LogP contribution is -2.53. The first kappa shape index (κ1) is 11.9. The van der Waals surface area contributed by atoms with E-state index in [2.05, 4.69) is 5.32 Å². The van der Waals surface area contributed by atoms with Crippen molar-refractivity contribution in [3.05, 3.63) is 0 Å². The Kier molecular flexibility index (Phi) is 3.92. The van der Waals surface area contributed by atoms with Gasteiger partial charge < -0.3 is 5.32 Å². The van der Waals surface area contributed by atoms with Crippen LogP contribution in [0.4, 0.5) is 0 Å². The van der Waals surface area contributed by atoms with E-state index in [0.717, 1.165) is 13.1 Å². The quantitative estimate of drug-likeness (QED) is 0.742. The topological polar surface area (TPSA) is 49.4 Å². The van der Waals surface area contributed by atoms with Gasteiger partial charge in [0.2, 0.25) is 10.0 Å². The zero-order valence-electron chi connectivity index (χ0n) is 9.16. The minimum atomic E-state index is -3.04. The largest absolute Gasteiger partial charge is 0.314 e. The van der Waals surface area contributed by atoms with E-state index in [4.69, 9.17) is 0 Å². The fourth-order valence-electron chi connectivity index (χ4n) is 1.75. The van der Waals surface area contributed by atoms with Crippen LogP contribution in [0.3, 0.4) is 0 Å². The fraction of sp³-hybridized carbons (Fsp3) is 1.00. The Morgan fingerprint density at radius 2 is 2.14 bits per heavy atom. The minimum Gasteiger partial charge on any atom is -0.314 e. The highest BCUT2D eigenvalue weighted by molar-refractivity contribution is 7.89. The molecule has 0 spiro atoms. The SMILES string of the molecule is CC(C)CS(=O)(=O)N1CCNCC1C. The van der Waals surface area contributed by atoms with E-state index in [-0.39, 0.29) is 17.7 Å². The van der Waals surface area contributed by atoms with E-state index in [1.165, 1.54) is 0 Å². The van der Waals surface area contributed by atoms with E-state index in [9.17, 15) is 8.42 Å². The molecule has 0 aromatic heterocycles. The molecule has 1 N–H and O–H groups in total. The molecule has 0 aromatic carbocycles. The van der Waals surface area contributed by atoms with E-state index in [1.54, 1.807) is 4.31 Å². The van der Waals surface area contributed by atoms with Crippen molar-refractivity contribution < 1.29 is 8.42 Å². The average Bonchev–Trinajstić information content (AvgIpc) is 2.02. The van der Waals surface area contributed by atoms with Crippen LogP contribution in [0.2, 0.25) is 0 Å². The van der Waals surface area contributed by atoms with Crippen LogP contribution in [0.15, 0.2) is 0 Å². The average molecular weight is 220 g/mol. The summed E-state index contributed by atoms with van der Waals surface area (Å²) in [5.41, 5.74) is 0. The van der Waals surface area contributed by atoms with Crippen LogP contribution < -0.4 is 5.32 Å². The van der Waals surface area contributed by atoms with Crippen LogP contribution in [-0.2, 0) is 10.0 Å². The van der Waals surface area contributed by atoms with E-state index >= 15 is 0 Å². The maximum absolute atomic E-state index is 11.9. The fourth-order valence-corrected chi connectivity index (χ4v) is 3.78. The minimum absolute atomic E-state index is 0.0903. The number of piperazine rings is 1. The maximum atomic E-state index is 11.9. The van der Waals surface area contributed by atoms with E-state index in [1.807, 2.05) is 20.8 Å². The third kappa shape index (κ3) is 2.93. The predicted molar refractivity (Wildman–Crippen MR) is 57.7 cm³/mol. The Bertz CT molecular complexity index is 275. The van der Waals surface area contributed by atoms with Crippen LogP contribution in [0.1, 0.15) is 20.8 Å². The molecule has 1 heterocycles. The second-order valence-corrected chi connectivity index (χ2v) is 6.30. The number of rotatable bonds is 3. The summed E-state index contributed by atoms with van der Waals surface area (Å²) < 4.78 is 25.4. The molecule has 0 saturated carbocycles. The van der Waals surface area contributed by atoms with Gasteiger partial charge in [-0.15, -0.1) is 0 Å². The van der Waals surface area contributed by atoms with Gasteiger partial charge in [0.15, 0.2) is 0 Å². The van der Waals surface area contributed by atoms with Crippen molar-refractivity contribution in [1.29, 1.82) is 0 Å². The van der Waals surface area contributed by atoms with Gasteiger partial charge in [0, 0.05) is 25.7 Å². The molecule has 0 aliphatic carbocycles. The molecular formula is C9H20N2O2S. The summed E-state index contributed by atoms with van der Waals surface area (Å²) >= 11 is 0.